The van der Waals surface area contributed by atoms with Gasteiger partial charge in [0, 0.05) is 12.1 Å². The van der Waals surface area contributed by atoms with Gasteiger partial charge in [-0.15, -0.1) is 12.4 Å². The number of anilines is 1. The number of aryl methyl sites for hydroxylation is 1. The third kappa shape index (κ3) is 5.19. The quantitative estimate of drug-likeness (QED) is 0.856. The molecule has 0 spiro atoms. The van der Waals surface area contributed by atoms with E-state index in [1.807, 2.05) is 55.5 Å². The number of hydrogen-bond acceptors (Lipinski definition) is 4. The molecule has 2 atom stereocenters. The van der Waals surface area contributed by atoms with E-state index in [1.165, 1.54) is 0 Å². The van der Waals surface area contributed by atoms with Crippen LogP contribution in [0.4, 0.5) is 5.69 Å². The van der Waals surface area contributed by atoms with Crippen molar-refractivity contribution >= 4 is 24.0 Å². The fourth-order valence-corrected chi connectivity index (χ4v) is 2.56. The van der Waals surface area contributed by atoms with Crippen LogP contribution in [0.25, 0.3) is 0 Å². The molecule has 3 rings (SSSR count). The Kier molecular flexibility index (Phi) is 6.82. The molecule has 1 aliphatic rings. The van der Waals surface area contributed by atoms with Gasteiger partial charge in [0.05, 0.1) is 13.2 Å². The standard InChI is InChI=1S/C19H22N2O3.ClH/c1-13-2-4-14(5-3-13)18(20)19(22)21-15-6-8-16(9-7-15)24-17-10-11-23-12-17;/h2-9,17-18H,10-12,20H2,1H3,(H,21,22);1H. The van der Waals surface area contributed by atoms with Crippen molar-refractivity contribution in [3.05, 3.63) is 59.7 Å². The predicted octanol–water partition coefficient (Wildman–Crippen LogP) is 3.22. The average Bonchev–Trinajstić information content (AvgIpc) is 3.09. The maximum atomic E-state index is 12.3. The molecular formula is C19H23ClN2O3. The maximum absolute atomic E-state index is 12.3. The van der Waals surface area contributed by atoms with Crippen molar-refractivity contribution in [2.75, 3.05) is 18.5 Å². The highest BCUT2D eigenvalue weighted by molar-refractivity contribution is 5.95. The second kappa shape index (κ2) is 8.85. The summed E-state index contributed by atoms with van der Waals surface area (Å²) < 4.78 is 11.1. The molecular weight excluding hydrogens is 340 g/mol. The fraction of sp³-hybridized carbons (Fsp3) is 0.316. The van der Waals surface area contributed by atoms with Gasteiger partial charge in [-0.05, 0) is 36.8 Å². The number of nitrogens with two attached hydrogens (primary N) is 1. The van der Waals surface area contributed by atoms with E-state index in [2.05, 4.69) is 5.32 Å². The van der Waals surface area contributed by atoms with Gasteiger partial charge >= 0.3 is 0 Å². The minimum Gasteiger partial charge on any atom is -0.488 e. The highest BCUT2D eigenvalue weighted by atomic mass is 35.5. The highest BCUT2D eigenvalue weighted by Gasteiger charge is 2.18. The van der Waals surface area contributed by atoms with Crippen molar-refractivity contribution in [1.82, 2.24) is 0 Å². The van der Waals surface area contributed by atoms with Crippen LogP contribution in [-0.4, -0.2) is 25.2 Å². The van der Waals surface area contributed by atoms with Crippen molar-refractivity contribution in [3.63, 3.8) is 0 Å². The molecule has 134 valence electrons. The molecule has 25 heavy (non-hydrogen) atoms. The molecule has 1 amide bonds. The van der Waals surface area contributed by atoms with Gasteiger partial charge in [0.1, 0.15) is 17.9 Å². The molecule has 1 fully saturated rings. The molecule has 0 bridgehead atoms. The number of nitrogens with one attached hydrogen (secondary N) is 1. The van der Waals surface area contributed by atoms with E-state index in [4.69, 9.17) is 15.2 Å². The Morgan fingerprint density at radius 2 is 1.88 bits per heavy atom. The Morgan fingerprint density at radius 3 is 2.48 bits per heavy atom. The van der Waals surface area contributed by atoms with E-state index in [1.54, 1.807) is 0 Å². The lowest BCUT2D eigenvalue weighted by molar-refractivity contribution is -0.117. The Hall–Kier alpha value is -2.08. The molecule has 2 unspecified atom stereocenters. The Morgan fingerprint density at radius 1 is 1.20 bits per heavy atom. The molecule has 1 aliphatic heterocycles. The third-order valence-corrected chi connectivity index (χ3v) is 4.03. The van der Waals surface area contributed by atoms with Crippen molar-refractivity contribution < 1.29 is 14.3 Å². The molecule has 6 heteroatoms. The first-order chi connectivity index (χ1) is 11.6. The number of benzene rings is 2. The van der Waals surface area contributed by atoms with Gasteiger partial charge in [0.2, 0.25) is 5.91 Å². The normalized spacial score (nSPS) is 17.4. The zero-order chi connectivity index (χ0) is 16.9. The van der Waals surface area contributed by atoms with Crippen molar-refractivity contribution in [3.8, 4) is 5.75 Å². The zero-order valence-electron chi connectivity index (χ0n) is 14.1. The number of carbonyl (C=O) groups is 1. The molecule has 1 saturated heterocycles. The summed E-state index contributed by atoms with van der Waals surface area (Å²) in [6.45, 7) is 3.37. The van der Waals surface area contributed by atoms with Crippen molar-refractivity contribution in [2.45, 2.75) is 25.5 Å². The summed E-state index contributed by atoms with van der Waals surface area (Å²) in [7, 11) is 0. The second-order valence-corrected chi connectivity index (χ2v) is 6.01. The number of halogens is 1. The van der Waals surface area contributed by atoms with Gasteiger partial charge in [-0.3, -0.25) is 4.79 Å². The van der Waals surface area contributed by atoms with Crippen LogP contribution in [0.15, 0.2) is 48.5 Å². The largest absolute Gasteiger partial charge is 0.488 e. The van der Waals surface area contributed by atoms with Crippen molar-refractivity contribution in [1.29, 1.82) is 0 Å². The lowest BCUT2D eigenvalue weighted by Crippen LogP contribution is -2.27. The van der Waals surface area contributed by atoms with Crippen molar-refractivity contribution in [2.24, 2.45) is 5.73 Å². The van der Waals surface area contributed by atoms with Crippen LogP contribution in [0.2, 0.25) is 0 Å². The van der Waals surface area contributed by atoms with E-state index >= 15 is 0 Å². The van der Waals surface area contributed by atoms with Gasteiger partial charge in [0.25, 0.3) is 0 Å². The smallest absolute Gasteiger partial charge is 0.245 e. The molecule has 2 aromatic carbocycles. The van der Waals surface area contributed by atoms with E-state index in [0.717, 1.165) is 29.9 Å². The fourth-order valence-electron chi connectivity index (χ4n) is 2.56. The summed E-state index contributed by atoms with van der Waals surface area (Å²) in [4.78, 5) is 12.3. The molecule has 2 aromatic rings. The number of hydrogen-bond donors (Lipinski definition) is 2. The van der Waals surface area contributed by atoms with E-state index in [-0.39, 0.29) is 24.4 Å². The number of amides is 1. The first-order valence-electron chi connectivity index (χ1n) is 8.09. The molecule has 0 aliphatic carbocycles. The minimum atomic E-state index is -0.697. The molecule has 3 N–H and O–H groups in total. The first-order valence-corrected chi connectivity index (χ1v) is 8.09. The predicted molar refractivity (Wildman–Crippen MR) is 100 cm³/mol. The molecule has 0 saturated carbocycles. The monoisotopic (exact) mass is 362 g/mol. The molecule has 0 radical (unpaired) electrons. The summed E-state index contributed by atoms with van der Waals surface area (Å²) in [5.74, 6) is 0.531. The summed E-state index contributed by atoms with van der Waals surface area (Å²) in [6, 6.07) is 14.2. The van der Waals surface area contributed by atoms with E-state index in [9.17, 15) is 4.79 Å². The SMILES string of the molecule is Cc1ccc(C(N)C(=O)Nc2ccc(OC3CCOC3)cc2)cc1.Cl. The molecule has 5 nitrogen and oxygen atoms in total. The second-order valence-electron chi connectivity index (χ2n) is 6.01. The van der Waals surface area contributed by atoms with Gasteiger partial charge in [-0.25, -0.2) is 0 Å². The van der Waals surface area contributed by atoms with Gasteiger partial charge in [-0.2, -0.15) is 0 Å². The molecule has 1 heterocycles. The summed E-state index contributed by atoms with van der Waals surface area (Å²) in [6.07, 6.45) is 1.02. The summed E-state index contributed by atoms with van der Waals surface area (Å²) >= 11 is 0. The van der Waals surface area contributed by atoms with Crippen LogP contribution in [0.5, 0.6) is 5.75 Å². The minimum absolute atomic E-state index is 0. The van der Waals surface area contributed by atoms with Gasteiger partial charge in [-0.1, -0.05) is 29.8 Å². The Bertz CT molecular complexity index is 683. The lowest BCUT2D eigenvalue weighted by atomic mass is 10.1. The summed E-state index contributed by atoms with van der Waals surface area (Å²) in [5, 5.41) is 2.83. The zero-order valence-corrected chi connectivity index (χ0v) is 14.9. The number of carbonyl (C=O) groups excluding carboxylic acids is 1. The highest BCUT2D eigenvalue weighted by Crippen LogP contribution is 2.21. The third-order valence-electron chi connectivity index (χ3n) is 4.03. The van der Waals surface area contributed by atoms with Crippen LogP contribution >= 0.6 is 12.4 Å². The number of ether oxygens (including phenoxy) is 2. The number of rotatable bonds is 5. The van der Waals surface area contributed by atoms with Gasteiger partial charge < -0.3 is 20.5 Å². The van der Waals surface area contributed by atoms with Crippen LogP contribution < -0.4 is 15.8 Å². The maximum Gasteiger partial charge on any atom is 0.245 e. The lowest BCUT2D eigenvalue weighted by Gasteiger charge is -2.14. The Labute approximate surface area is 153 Å². The topological polar surface area (TPSA) is 73.6 Å². The molecule has 0 aromatic heterocycles. The average molecular weight is 363 g/mol. The van der Waals surface area contributed by atoms with Crippen LogP contribution in [-0.2, 0) is 9.53 Å². The Balaban J connectivity index is 0.00000225. The van der Waals surface area contributed by atoms with E-state index in [0.29, 0.717) is 12.3 Å². The van der Waals surface area contributed by atoms with Gasteiger partial charge in [0.15, 0.2) is 0 Å². The summed E-state index contributed by atoms with van der Waals surface area (Å²) in [5.41, 5.74) is 8.64. The van der Waals surface area contributed by atoms with E-state index < -0.39 is 6.04 Å². The van der Waals surface area contributed by atoms with Crippen LogP contribution in [0, 0.1) is 6.92 Å². The first kappa shape index (κ1) is 19.2. The van der Waals surface area contributed by atoms with Crippen LogP contribution in [0.3, 0.4) is 0 Å². The van der Waals surface area contributed by atoms with Crippen LogP contribution in [0.1, 0.15) is 23.6 Å².